The van der Waals surface area contributed by atoms with Gasteiger partial charge in [-0.1, -0.05) is 29.8 Å². The minimum Gasteiger partial charge on any atom is -0.336 e. The number of hydrogen-bond acceptors (Lipinski definition) is 3. The highest BCUT2D eigenvalue weighted by Crippen LogP contribution is 2.21. The minimum atomic E-state index is -0.735. The Morgan fingerprint density at radius 3 is 2.37 bits per heavy atom. The van der Waals surface area contributed by atoms with Gasteiger partial charge in [-0.05, 0) is 62.9 Å². The Hall–Kier alpha value is -2.66. The molecule has 27 heavy (non-hydrogen) atoms. The zero-order valence-corrected chi connectivity index (χ0v) is 15.9. The molecule has 1 fully saturated rings. The minimum absolute atomic E-state index is 0.0523. The Morgan fingerprint density at radius 2 is 1.74 bits per heavy atom. The summed E-state index contributed by atoms with van der Waals surface area (Å²) in [6, 6.07) is 14.2. The van der Waals surface area contributed by atoms with E-state index in [9.17, 15) is 9.59 Å². The van der Waals surface area contributed by atoms with Gasteiger partial charge in [-0.3, -0.25) is 9.59 Å². The molecule has 2 aromatic carbocycles. The number of aryl methyl sites for hydroxylation is 1. The Morgan fingerprint density at radius 1 is 1.07 bits per heavy atom. The first-order valence-corrected chi connectivity index (χ1v) is 9.50. The van der Waals surface area contributed by atoms with Gasteiger partial charge >= 0.3 is 0 Å². The van der Waals surface area contributed by atoms with E-state index in [1.807, 2.05) is 36.1 Å². The van der Waals surface area contributed by atoms with Crippen LogP contribution in [0.25, 0.3) is 0 Å². The summed E-state index contributed by atoms with van der Waals surface area (Å²) in [7, 11) is 0. The van der Waals surface area contributed by atoms with Gasteiger partial charge in [0.25, 0.3) is 5.91 Å². The maximum absolute atomic E-state index is 12.7. The number of rotatable bonds is 4. The van der Waals surface area contributed by atoms with Gasteiger partial charge in [0.2, 0.25) is 5.91 Å². The summed E-state index contributed by atoms with van der Waals surface area (Å²) in [5, 5.41) is 2.82. The first-order valence-electron chi connectivity index (χ1n) is 9.50. The summed E-state index contributed by atoms with van der Waals surface area (Å²) in [5.74, 6) is -0.223. The van der Waals surface area contributed by atoms with Crippen LogP contribution in [0.5, 0.6) is 0 Å². The van der Waals surface area contributed by atoms with Crippen LogP contribution in [-0.4, -0.2) is 29.3 Å². The number of amides is 2. The Balaban J connectivity index is 1.64. The second kappa shape index (κ2) is 8.35. The summed E-state index contributed by atoms with van der Waals surface area (Å²) in [6.45, 7) is 4.89. The normalized spacial score (nSPS) is 18.0. The number of likely N-dealkylation sites (tertiary alicyclic amines) is 1. The largest absolute Gasteiger partial charge is 0.336 e. The average molecular weight is 365 g/mol. The van der Waals surface area contributed by atoms with Crippen molar-refractivity contribution in [2.75, 3.05) is 11.9 Å². The molecule has 1 heterocycles. The zero-order chi connectivity index (χ0) is 19.4. The fourth-order valence-corrected chi connectivity index (χ4v) is 3.41. The van der Waals surface area contributed by atoms with Gasteiger partial charge in [-0.15, -0.1) is 0 Å². The fourth-order valence-electron chi connectivity index (χ4n) is 3.41. The third-order valence-electron chi connectivity index (χ3n) is 5.18. The highest BCUT2D eigenvalue weighted by molar-refractivity contribution is 5.97. The predicted octanol–water partition coefficient (Wildman–Crippen LogP) is 3.65. The standard InChI is InChI=1S/C22H27N3O2/c1-15-6-8-17(9-7-15)20(23)21(26)24-19-12-10-18(11-13-19)22(27)25-14-4-3-5-16(25)2/h6-13,16,20H,3-5,14,23H2,1-2H3,(H,24,26). The number of carbonyl (C=O) groups excluding carboxylic acids is 2. The lowest BCUT2D eigenvalue weighted by Gasteiger charge is -2.33. The number of carbonyl (C=O) groups is 2. The maximum Gasteiger partial charge on any atom is 0.254 e. The molecule has 0 radical (unpaired) electrons. The number of nitrogens with zero attached hydrogens (tertiary/aromatic N) is 1. The smallest absolute Gasteiger partial charge is 0.254 e. The van der Waals surface area contributed by atoms with E-state index < -0.39 is 6.04 Å². The monoisotopic (exact) mass is 365 g/mol. The molecule has 0 aliphatic carbocycles. The highest BCUT2D eigenvalue weighted by Gasteiger charge is 2.24. The van der Waals surface area contributed by atoms with E-state index in [0.717, 1.165) is 30.5 Å². The molecule has 3 rings (SSSR count). The molecule has 3 N–H and O–H groups in total. The number of nitrogens with two attached hydrogens (primary N) is 1. The molecule has 2 unspecified atom stereocenters. The van der Waals surface area contributed by atoms with Gasteiger partial charge in [0.1, 0.15) is 6.04 Å². The molecule has 1 aliphatic rings. The van der Waals surface area contributed by atoms with Crippen LogP contribution >= 0.6 is 0 Å². The SMILES string of the molecule is Cc1ccc(C(N)C(=O)Nc2ccc(C(=O)N3CCCCC3C)cc2)cc1. The van der Waals surface area contributed by atoms with Crippen molar-refractivity contribution in [2.24, 2.45) is 5.73 Å². The number of anilines is 1. The maximum atomic E-state index is 12.7. The molecular weight excluding hydrogens is 338 g/mol. The van der Waals surface area contributed by atoms with Crippen LogP contribution in [-0.2, 0) is 4.79 Å². The van der Waals surface area contributed by atoms with Gasteiger partial charge in [0.15, 0.2) is 0 Å². The number of hydrogen-bond donors (Lipinski definition) is 2. The van der Waals surface area contributed by atoms with E-state index in [1.54, 1.807) is 24.3 Å². The lowest BCUT2D eigenvalue weighted by molar-refractivity contribution is -0.117. The van der Waals surface area contributed by atoms with E-state index in [2.05, 4.69) is 12.2 Å². The molecule has 5 nitrogen and oxygen atoms in total. The second-order valence-corrected chi connectivity index (χ2v) is 7.30. The Labute approximate surface area is 160 Å². The summed E-state index contributed by atoms with van der Waals surface area (Å²) in [4.78, 5) is 27.0. The van der Waals surface area contributed by atoms with Crippen molar-refractivity contribution in [2.45, 2.75) is 45.2 Å². The molecule has 0 aromatic heterocycles. The van der Waals surface area contributed by atoms with E-state index in [0.29, 0.717) is 11.3 Å². The molecule has 0 spiro atoms. The van der Waals surface area contributed by atoms with E-state index in [1.165, 1.54) is 6.42 Å². The molecule has 1 saturated heterocycles. The lowest BCUT2D eigenvalue weighted by atomic mass is 10.0. The lowest BCUT2D eigenvalue weighted by Crippen LogP contribution is -2.42. The van der Waals surface area contributed by atoms with Crippen molar-refractivity contribution in [1.29, 1.82) is 0 Å². The molecule has 0 saturated carbocycles. The van der Waals surface area contributed by atoms with Crippen molar-refractivity contribution in [1.82, 2.24) is 4.90 Å². The van der Waals surface area contributed by atoms with Crippen molar-refractivity contribution in [3.63, 3.8) is 0 Å². The molecule has 0 bridgehead atoms. The summed E-state index contributed by atoms with van der Waals surface area (Å²) in [5.41, 5.74) is 9.22. The van der Waals surface area contributed by atoms with Gasteiger partial charge in [-0.25, -0.2) is 0 Å². The summed E-state index contributed by atoms with van der Waals surface area (Å²) >= 11 is 0. The number of piperidine rings is 1. The molecule has 2 aromatic rings. The first kappa shape index (κ1) is 19.1. The van der Waals surface area contributed by atoms with Crippen LogP contribution in [0.2, 0.25) is 0 Å². The van der Waals surface area contributed by atoms with Crippen LogP contribution in [0.4, 0.5) is 5.69 Å². The van der Waals surface area contributed by atoms with Crippen molar-refractivity contribution >= 4 is 17.5 Å². The van der Waals surface area contributed by atoms with Crippen molar-refractivity contribution < 1.29 is 9.59 Å². The highest BCUT2D eigenvalue weighted by atomic mass is 16.2. The van der Waals surface area contributed by atoms with Crippen LogP contribution in [0, 0.1) is 6.92 Å². The van der Waals surface area contributed by atoms with E-state index in [-0.39, 0.29) is 17.9 Å². The van der Waals surface area contributed by atoms with Gasteiger partial charge in [-0.2, -0.15) is 0 Å². The van der Waals surface area contributed by atoms with Crippen LogP contribution < -0.4 is 11.1 Å². The Kier molecular flexibility index (Phi) is 5.91. The van der Waals surface area contributed by atoms with E-state index in [4.69, 9.17) is 5.73 Å². The van der Waals surface area contributed by atoms with Gasteiger partial charge < -0.3 is 16.0 Å². The topological polar surface area (TPSA) is 75.4 Å². The third-order valence-corrected chi connectivity index (χ3v) is 5.18. The summed E-state index contributed by atoms with van der Waals surface area (Å²) < 4.78 is 0. The molecule has 142 valence electrons. The molecule has 1 aliphatic heterocycles. The van der Waals surface area contributed by atoms with Crippen LogP contribution in [0.3, 0.4) is 0 Å². The van der Waals surface area contributed by atoms with Crippen molar-refractivity contribution in [3.05, 3.63) is 65.2 Å². The molecular formula is C22H27N3O2. The van der Waals surface area contributed by atoms with E-state index >= 15 is 0 Å². The predicted molar refractivity (Wildman–Crippen MR) is 108 cm³/mol. The molecule has 2 atom stereocenters. The Bertz CT molecular complexity index is 799. The van der Waals surface area contributed by atoms with Crippen LogP contribution in [0.1, 0.15) is 53.7 Å². The fraction of sp³-hybridized carbons (Fsp3) is 0.364. The third kappa shape index (κ3) is 4.55. The van der Waals surface area contributed by atoms with Gasteiger partial charge in [0, 0.05) is 23.8 Å². The van der Waals surface area contributed by atoms with Gasteiger partial charge in [0.05, 0.1) is 0 Å². The molecule has 2 amide bonds. The first-order chi connectivity index (χ1) is 13.0. The quantitative estimate of drug-likeness (QED) is 0.868. The molecule has 5 heteroatoms. The van der Waals surface area contributed by atoms with Crippen LogP contribution in [0.15, 0.2) is 48.5 Å². The second-order valence-electron chi connectivity index (χ2n) is 7.30. The number of benzene rings is 2. The number of nitrogens with one attached hydrogen (secondary N) is 1. The average Bonchev–Trinajstić information content (AvgIpc) is 2.68. The van der Waals surface area contributed by atoms with Crippen molar-refractivity contribution in [3.8, 4) is 0 Å². The summed E-state index contributed by atoms with van der Waals surface area (Å²) in [6.07, 6.45) is 3.29. The zero-order valence-electron chi connectivity index (χ0n) is 15.9.